The van der Waals surface area contributed by atoms with Gasteiger partial charge in [-0.1, -0.05) is 36.4 Å². The molecule has 2 aromatic rings. The molecule has 2 aliphatic heterocycles. The summed E-state index contributed by atoms with van der Waals surface area (Å²) < 4.78 is 25.6. The highest BCUT2D eigenvalue weighted by Gasteiger charge is 2.35. The largest absolute Gasteiger partial charge is 0.387 e. The van der Waals surface area contributed by atoms with Crippen LogP contribution in [0.5, 0.6) is 0 Å². The van der Waals surface area contributed by atoms with Crippen molar-refractivity contribution in [1.29, 1.82) is 0 Å². The normalized spacial score (nSPS) is 20.3. The van der Waals surface area contributed by atoms with E-state index in [1.807, 2.05) is 49.4 Å². The number of benzene rings is 2. The summed E-state index contributed by atoms with van der Waals surface area (Å²) >= 11 is 0. The molecule has 1 atom stereocenters. The lowest BCUT2D eigenvalue weighted by molar-refractivity contribution is -0.0348. The second-order valence-electron chi connectivity index (χ2n) is 8.99. The highest BCUT2D eigenvalue weighted by molar-refractivity contribution is 7.92. The molecule has 2 heterocycles. The molecule has 1 fully saturated rings. The number of aliphatic hydroxyl groups is 2. The number of nitrogens with zero attached hydrogens (tertiary/aromatic N) is 2. The van der Waals surface area contributed by atoms with Gasteiger partial charge in [0.25, 0.3) is 0 Å². The number of aliphatic hydroxyl groups excluding tert-OH is 1. The Kier molecular flexibility index (Phi) is 6.14. The van der Waals surface area contributed by atoms with Crippen molar-refractivity contribution in [2.24, 2.45) is 0 Å². The highest BCUT2D eigenvalue weighted by Crippen LogP contribution is 2.36. The predicted octanol–water partition coefficient (Wildman–Crippen LogP) is 2.72. The van der Waals surface area contributed by atoms with Crippen LogP contribution in [-0.2, 0) is 22.0 Å². The lowest BCUT2D eigenvalue weighted by atomic mass is 9.82. The van der Waals surface area contributed by atoms with E-state index in [2.05, 4.69) is 4.90 Å². The minimum Gasteiger partial charge on any atom is -0.387 e. The summed E-state index contributed by atoms with van der Waals surface area (Å²) in [6, 6.07) is 13.6. The first-order chi connectivity index (χ1) is 14.7. The van der Waals surface area contributed by atoms with Crippen molar-refractivity contribution in [1.82, 2.24) is 4.90 Å². The Morgan fingerprint density at radius 2 is 1.81 bits per heavy atom. The van der Waals surface area contributed by atoms with E-state index in [4.69, 9.17) is 0 Å². The average Bonchev–Trinajstić information content (AvgIpc) is 2.74. The van der Waals surface area contributed by atoms with E-state index in [9.17, 15) is 18.6 Å². The SMILES string of the molecule is Cc1ccccc1C1(O)CCN(C[C@H](O)c2ccc3c(c2)CCCN3S(C)(=O)=O)CC1. The summed E-state index contributed by atoms with van der Waals surface area (Å²) in [5, 5.41) is 22.0. The third-order valence-electron chi connectivity index (χ3n) is 6.73. The van der Waals surface area contributed by atoms with Crippen LogP contribution in [0.2, 0.25) is 0 Å². The number of hydrogen-bond donors (Lipinski definition) is 2. The quantitative estimate of drug-likeness (QED) is 0.741. The highest BCUT2D eigenvalue weighted by atomic mass is 32.2. The van der Waals surface area contributed by atoms with Gasteiger partial charge in [-0.25, -0.2) is 8.42 Å². The molecule has 0 aromatic heterocycles. The zero-order valence-electron chi connectivity index (χ0n) is 18.3. The second-order valence-corrected chi connectivity index (χ2v) is 10.9. The number of rotatable bonds is 5. The van der Waals surface area contributed by atoms with E-state index < -0.39 is 21.7 Å². The molecule has 2 N–H and O–H groups in total. The Morgan fingerprint density at radius 1 is 1.10 bits per heavy atom. The molecule has 168 valence electrons. The van der Waals surface area contributed by atoms with Crippen LogP contribution in [0, 0.1) is 6.92 Å². The fourth-order valence-corrected chi connectivity index (χ4v) is 5.95. The topological polar surface area (TPSA) is 81.1 Å². The number of β-amino-alcohol motifs (C(OH)–C–C–N with tert-alkyl or cyclic N) is 1. The third-order valence-corrected chi connectivity index (χ3v) is 7.91. The standard InChI is InChI=1S/C24H32N2O4S/c1-18-6-3-4-8-21(18)24(28)11-14-25(15-12-24)17-23(27)20-9-10-22-19(16-20)7-5-13-26(22)31(2,29)30/h3-4,6,8-10,16,23,27-28H,5,7,11-15,17H2,1-2H3/t23-/m0/s1. The van der Waals surface area contributed by atoms with E-state index in [1.165, 1.54) is 10.6 Å². The molecule has 0 unspecified atom stereocenters. The van der Waals surface area contributed by atoms with Crippen molar-refractivity contribution in [2.45, 2.75) is 44.3 Å². The van der Waals surface area contributed by atoms with Crippen LogP contribution in [0.25, 0.3) is 0 Å². The maximum atomic E-state index is 12.1. The molecule has 0 bridgehead atoms. The number of aryl methyl sites for hydroxylation is 2. The summed E-state index contributed by atoms with van der Waals surface area (Å²) in [7, 11) is -3.29. The van der Waals surface area contributed by atoms with Gasteiger partial charge in [0, 0.05) is 26.2 Å². The minimum absolute atomic E-state index is 0.498. The zero-order chi connectivity index (χ0) is 22.2. The maximum Gasteiger partial charge on any atom is 0.232 e. The molecule has 4 rings (SSSR count). The molecule has 2 aliphatic rings. The van der Waals surface area contributed by atoms with Crippen LogP contribution in [0.1, 0.15) is 47.6 Å². The Labute approximate surface area is 185 Å². The fraction of sp³-hybridized carbons (Fsp3) is 0.500. The number of piperidine rings is 1. The number of hydrogen-bond acceptors (Lipinski definition) is 5. The second kappa shape index (κ2) is 8.54. The fourth-order valence-electron chi connectivity index (χ4n) is 4.95. The molecule has 7 heteroatoms. The van der Waals surface area contributed by atoms with Gasteiger partial charge in [-0.2, -0.15) is 0 Å². The van der Waals surface area contributed by atoms with E-state index in [0.717, 1.165) is 40.8 Å². The Hall–Kier alpha value is -1.93. The first kappa shape index (κ1) is 22.3. The first-order valence-electron chi connectivity index (χ1n) is 11.0. The number of anilines is 1. The van der Waals surface area contributed by atoms with Crippen molar-refractivity contribution < 1.29 is 18.6 Å². The van der Waals surface area contributed by atoms with Gasteiger partial charge >= 0.3 is 0 Å². The molecular formula is C24H32N2O4S. The molecule has 0 amide bonds. The molecule has 1 saturated heterocycles. The Morgan fingerprint density at radius 3 is 2.48 bits per heavy atom. The summed E-state index contributed by atoms with van der Waals surface area (Å²) in [6.07, 6.45) is 3.46. The van der Waals surface area contributed by atoms with Crippen molar-refractivity contribution in [3.63, 3.8) is 0 Å². The molecule has 0 saturated carbocycles. The van der Waals surface area contributed by atoms with E-state index in [0.29, 0.717) is 39.0 Å². The number of likely N-dealkylation sites (tertiary alicyclic amines) is 1. The summed E-state index contributed by atoms with van der Waals surface area (Å²) in [6.45, 7) is 4.47. The van der Waals surface area contributed by atoms with Crippen LogP contribution in [0.15, 0.2) is 42.5 Å². The van der Waals surface area contributed by atoms with Crippen molar-refractivity contribution in [3.05, 3.63) is 64.7 Å². The minimum atomic E-state index is -3.29. The van der Waals surface area contributed by atoms with Gasteiger partial charge < -0.3 is 15.1 Å². The molecular weight excluding hydrogens is 412 g/mol. The van der Waals surface area contributed by atoms with Gasteiger partial charge in [-0.05, 0) is 60.9 Å². The number of fused-ring (bicyclic) bond motifs is 1. The monoisotopic (exact) mass is 444 g/mol. The maximum absolute atomic E-state index is 12.1. The van der Waals surface area contributed by atoms with Crippen LogP contribution >= 0.6 is 0 Å². The number of sulfonamides is 1. The van der Waals surface area contributed by atoms with Crippen molar-refractivity contribution in [2.75, 3.05) is 36.7 Å². The van der Waals surface area contributed by atoms with Crippen LogP contribution in [-0.4, -0.2) is 56.0 Å². The predicted molar refractivity (Wildman–Crippen MR) is 123 cm³/mol. The zero-order valence-corrected chi connectivity index (χ0v) is 19.1. The van der Waals surface area contributed by atoms with Gasteiger partial charge in [0.05, 0.1) is 23.6 Å². The van der Waals surface area contributed by atoms with Crippen molar-refractivity contribution >= 4 is 15.7 Å². The smallest absolute Gasteiger partial charge is 0.232 e. The lowest BCUT2D eigenvalue weighted by Crippen LogP contribution is -2.44. The van der Waals surface area contributed by atoms with E-state index in [1.54, 1.807) is 0 Å². The lowest BCUT2D eigenvalue weighted by Gasteiger charge is -2.40. The molecule has 0 aliphatic carbocycles. The van der Waals surface area contributed by atoms with Gasteiger partial charge in [-0.3, -0.25) is 4.31 Å². The van der Waals surface area contributed by atoms with Gasteiger partial charge in [0.15, 0.2) is 0 Å². The van der Waals surface area contributed by atoms with Gasteiger partial charge in [0.1, 0.15) is 0 Å². The Bertz CT molecular complexity index is 1050. The first-order valence-corrected chi connectivity index (χ1v) is 12.8. The average molecular weight is 445 g/mol. The third kappa shape index (κ3) is 4.65. The van der Waals surface area contributed by atoms with E-state index >= 15 is 0 Å². The Balaban J connectivity index is 1.42. The van der Waals surface area contributed by atoms with Crippen LogP contribution in [0.3, 0.4) is 0 Å². The molecule has 31 heavy (non-hydrogen) atoms. The summed E-state index contributed by atoms with van der Waals surface area (Å²) in [5.74, 6) is 0. The molecule has 2 aromatic carbocycles. The van der Waals surface area contributed by atoms with Gasteiger partial charge in [0.2, 0.25) is 10.0 Å². The molecule has 6 nitrogen and oxygen atoms in total. The van der Waals surface area contributed by atoms with Crippen LogP contribution in [0.4, 0.5) is 5.69 Å². The summed E-state index contributed by atoms with van der Waals surface area (Å²) in [4.78, 5) is 2.19. The van der Waals surface area contributed by atoms with E-state index in [-0.39, 0.29) is 0 Å². The van der Waals surface area contributed by atoms with Crippen LogP contribution < -0.4 is 4.31 Å². The molecule has 0 radical (unpaired) electrons. The molecule has 0 spiro atoms. The van der Waals surface area contributed by atoms with Crippen molar-refractivity contribution in [3.8, 4) is 0 Å². The van der Waals surface area contributed by atoms with Gasteiger partial charge in [-0.15, -0.1) is 0 Å². The summed E-state index contributed by atoms with van der Waals surface area (Å²) in [5.41, 5.74) is 3.81.